The number of carbonyl (C=O) groups is 1. The second kappa shape index (κ2) is 11.1. The van der Waals surface area contributed by atoms with Crippen molar-refractivity contribution in [3.8, 4) is 0 Å². The number of carbonyl (C=O) groups excluding carboxylic acids is 1. The van der Waals surface area contributed by atoms with Gasteiger partial charge in [0.15, 0.2) is 0 Å². The second-order valence-electron chi connectivity index (χ2n) is 7.04. The molecule has 4 rings (SSSR count). The molecule has 170 valence electrons. The van der Waals surface area contributed by atoms with Crippen LogP contribution in [0.15, 0.2) is 60.0 Å². The number of rotatable bonds is 10. The molecule has 0 aliphatic heterocycles. The van der Waals surface area contributed by atoms with Gasteiger partial charge in [-0.25, -0.2) is 10.5 Å². The van der Waals surface area contributed by atoms with Gasteiger partial charge in [-0.15, -0.1) is 11.3 Å². The Labute approximate surface area is 199 Å². The molecule has 2 aromatic carbocycles. The number of anilines is 2. The Morgan fingerprint density at radius 2 is 1.91 bits per heavy atom. The first-order valence-electron chi connectivity index (χ1n) is 10.2. The van der Waals surface area contributed by atoms with E-state index in [0.717, 1.165) is 16.5 Å². The van der Waals surface area contributed by atoms with Crippen LogP contribution < -0.4 is 16.1 Å². The molecule has 0 fully saturated rings. The van der Waals surface area contributed by atoms with Crippen LogP contribution in [-0.4, -0.2) is 34.2 Å². The molecule has 4 aromatic rings. The maximum Gasteiger partial charge on any atom is 0.274 e. The highest BCUT2D eigenvalue weighted by Gasteiger charge is 2.10. The van der Waals surface area contributed by atoms with Crippen LogP contribution in [0.5, 0.6) is 0 Å². The Morgan fingerprint density at radius 3 is 2.67 bits per heavy atom. The zero-order valence-corrected chi connectivity index (χ0v) is 19.1. The number of halogens is 1. The van der Waals surface area contributed by atoms with E-state index in [-0.39, 0.29) is 19.1 Å². The van der Waals surface area contributed by atoms with Crippen molar-refractivity contribution in [3.63, 3.8) is 0 Å². The minimum absolute atomic E-state index is 0.0365. The number of hydrogen-bond donors (Lipinski definition) is 4. The van der Waals surface area contributed by atoms with E-state index in [4.69, 9.17) is 21.5 Å². The monoisotopic (exact) mass is 483 g/mol. The van der Waals surface area contributed by atoms with Gasteiger partial charge < -0.3 is 15.7 Å². The van der Waals surface area contributed by atoms with Crippen LogP contribution in [0.2, 0.25) is 5.02 Å². The zero-order valence-electron chi connectivity index (χ0n) is 17.5. The van der Waals surface area contributed by atoms with Crippen molar-refractivity contribution in [2.45, 2.75) is 13.1 Å². The Balaban J connectivity index is 1.47. The molecule has 10 heteroatoms. The fourth-order valence-electron chi connectivity index (χ4n) is 3.07. The maximum atomic E-state index is 12.0. The van der Waals surface area contributed by atoms with Gasteiger partial charge in [0.25, 0.3) is 5.91 Å². The van der Waals surface area contributed by atoms with Crippen molar-refractivity contribution >= 4 is 51.5 Å². The number of thiophene rings is 1. The summed E-state index contributed by atoms with van der Waals surface area (Å²) in [6, 6.07) is 16.7. The summed E-state index contributed by atoms with van der Waals surface area (Å²) in [5.74, 6) is 0.812. The molecule has 0 saturated heterocycles. The number of hydroxylamine groups is 1. The van der Waals surface area contributed by atoms with Gasteiger partial charge >= 0.3 is 0 Å². The minimum Gasteiger partial charge on any atom is -0.394 e. The molecular weight excluding hydrogens is 462 g/mol. The summed E-state index contributed by atoms with van der Waals surface area (Å²) in [6.07, 6.45) is 0. The summed E-state index contributed by atoms with van der Waals surface area (Å²) in [6.45, 7) is 1.00. The van der Waals surface area contributed by atoms with Crippen molar-refractivity contribution in [2.24, 2.45) is 0 Å². The van der Waals surface area contributed by atoms with Gasteiger partial charge in [-0.1, -0.05) is 29.8 Å². The summed E-state index contributed by atoms with van der Waals surface area (Å²) >= 11 is 7.88. The number of aromatic nitrogens is 2. The van der Waals surface area contributed by atoms with Gasteiger partial charge in [0, 0.05) is 27.4 Å². The highest BCUT2D eigenvalue weighted by atomic mass is 35.5. The molecule has 0 spiro atoms. The highest BCUT2D eigenvalue weighted by Crippen LogP contribution is 2.26. The highest BCUT2D eigenvalue weighted by molar-refractivity contribution is 7.09. The standard InChI is InChI=1S/C23H22ClN5O3S/c24-17-7-8-20-19(12-17)21(28-23(27-20)26-14-18-2-1-11-33-18)25-13-15-3-5-16(6-4-15)22(31)29-32-10-9-30/h1-8,11-12,30H,9-10,13-14H2,(H,29,31)(H2,25,26,27,28). The van der Waals surface area contributed by atoms with Crippen molar-refractivity contribution < 1.29 is 14.7 Å². The molecule has 1 amide bonds. The number of nitrogens with one attached hydrogen (secondary N) is 3. The first-order chi connectivity index (χ1) is 16.1. The van der Waals surface area contributed by atoms with Crippen LogP contribution in [0.25, 0.3) is 10.9 Å². The van der Waals surface area contributed by atoms with E-state index in [9.17, 15) is 4.79 Å². The SMILES string of the molecule is O=C(NOCCO)c1ccc(CNc2nc(NCc3cccs3)nc3ccc(Cl)cc23)cc1. The Hall–Kier alpha value is -3.24. The largest absolute Gasteiger partial charge is 0.394 e. The lowest BCUT2D eigenvalue weighted by atomic mass is 10.1. The second-order valence-corrected chi connectivity index (χ2v) is 8.51. The van der Waals surface area contributed by atoms with Gasteiger partial charge in [0.05, 0.1) is 25.3 Å². The van der Waals surface area contributed by atoms with E-state index in [1.165, 1.54) is 4.88 Å². The normalized spacial score (nSPS) is 10.8. The van der Waals surface area contributed by atoms with Crippen molar-refractivity contribution in [2.75, 3.05) is 23.8 Å². The number of nitrogens with zero attached hydrogens (tertiary/aromatic N) is 2. The van der Waals surface area contributed by atoms with Gasteiger partial charge in [0.2, 0.25) is 5.95 Å². The van der Waals surface area contributed by atoms with E-state index in [1.54, 1.807) is 29.5 Å². The molecule has 0 bridgehead atoms. The van der Waals surface area contributed by atoms with E-state index >= 15 is 0 Å². The lowest BCUT2D eigenvalue weighted by molar-refractivity contribution is 0.0168. The molecule has 0 unspecified atom stereocenters. The molecule has 8 nitrogen and oxygen atoms in total. The molecule has 2 heterocycles. The van der Waals surface area contributed by atoms with E-state index in [0.29, 0.717) is 35.4 Å². The quantitative estimate of drug-likeness (QED) is 0.197. The number of aliphatic hydroxyl groups excluding tert-OH is 1. The number of amides is 1. The molecule has 0 aliphatic rings. The van der Waals surface area contributed by atoms with Crippen LogP contribution in [0.1, 0.15) is 20.8 Å². The fourth-order valence-corrected chi connectivity index (χ4v) is 3.89. The summed E-state index contributed by atoms with van der Waals surface area (Å²) in [5, 5.41) is 18.8. The Morgan fingerprint density at radius 1 is 1.06 bits per heavy atom. The molecule has 0 atom stereocenters. The Bertz CT molecular complexity index is 1220. The summed E-state index contributed by atoms with van der Waals surface area (Å²) in [5.41, 5.74) is 4.48. The lowest BCUT2D eigenvalue weighted by Gasteiger charge is -2.12. The molecule has 0 saturated carbocycles. The average Bonchev–Trinajstić information content (AvgIpc) is 3.35. The maximum absolute atomic E-state index is 12.0. The minimum atomic E-state index is -0.374. The molecule has 0 radical (unpaired) electrons. The zero-order chi connectivity index (χ0) is 23.0. The van der Waals surface area contributed by atoms with Crippen LogP contribution in [0.3, 0.4) is 0 Å². The van der Waals surface area contributed by atoms with Crippen LogP contribution in [0, 0.1) is 0 Å². The number of benzene rings is 2. The third-order valence-electron chi connectivity index (χ3n) is 4.69. The fraction of sp³-hybridized carbons (Fsp3) is 0.174. The smallest absolute Gasteiger partial charge is 0.274 e. The van der Waals surface area contributed by atoms with Crippen molar-refractivity contribution in [1.82, 2.24) is 15.4 Å². The summed E-state index contributed by atoms with van der Waals surface area (Å²) in [4.78, 5) is 27.3. The number of fused-ring (bicyclic) bond motifs is 1. The van der Waals surface area contributed by atoms with Gasteiger partial charge in [0.1, 0.15) is 5.82 Å². The summed E-state index contributed by atoms with van der Waals surface area (Å²) in [7, 11) is 0. The van der Waals surface area contributed by atoms with Gasteiger partial charge in [-0.2, -0.15) is 4.98 Å². The Kier molecular flexibility index (Phi) is 7.69. The third kappa shape index (κ3) is 6.17. The first-order valence-corrected chi connectivity index (χ1v) is 11.5. The first kappa shape index (κ1) is 22.9. The van der Waals surface area contributed by atoms with Crippen LogP contribution in [-0.2, 0) is 17.9 Å². The lowest BCUT2D eigenvalue weighted by Crippen LogP contribution is -2.25. The summed E-state index contributed by atoms with van der Waals surface area (Å²) < 4.78 is 0. The average molecular weight is 484 g/mol. The van der Waals surface area contributed by atoms with E-state index in [1.807, 2.05) is 35.7 Å². The van der Waals surface area contributed by atoms with Gasteiger partial charge in [-0.3, -0.25) is 9.63 Å². The molecular formula is C23H22ClN5O3S. The molecule has 0 aliphatic carbocycles. The molecule has 2 aromatic heterocycles. The number of hydrogen-bond acceptors (Lipinski definition) is 8. The topological polar surface area (TPSA) is 108 Å². The van der Waals surface area contributed by atoms with Crippen molar-refractivity contribution in [3.05, 3.63) is 81.0 Å². The molecule has 4 N–H and O–H groups in total. The van der Waals surface area contributed by atoms with E-state index < -0.39 is 0 Å². The van der Waals surface area contributed by atoms with Crippen LogP contribution >= 0.6 is 22.9 Å². The predicted octanol–water partition coefficient (Wildman–Crippen LogP) is 4.22. The van der Waals surface area contributed by atoms with Crippen LogP contribution in [0.4, 0.5) is 11.8 Å². The molecule has 33 heavy (non-hydrogen) atoms. The van der Waals surface area contributed by atoms with Gasteiger partial charge in [-0.05, 0) is 47.3 Å². The predicted molar refractivity (Wildman–Crippen MR) is 130 cm³/mol. The van der Waals surface area contributed by atoms with E-state index in [2.05, 4.69) is 32.1 Å². The number of aliphatic hydroxyl groups is 1. The third-order valence-corrected chi connectivity index (χ3v) is 5.80. The van der Waals surface area contributed by atoms with Crippen molar-refractivity contribution in [1.29, 1.82) is 0 Å².